The maximum Gasteiger partial charge on any atom is 0.270 e. The highest BCUT2D eigenvalue weighted by molar-refractivity contribution is 6.34. The van der Waals surface area contributed by atoms with Gasteiger partial charge in [-0.3, -0.25) is 14.9 Å². The van der Waals surface area contributed by atoms with E-state index in [1.54, 1.807) is 14.2 Å². The maximum absolute atomic E-state index is 12.1. The van der Waals surface area contributed by atoms with Gasteiger partial charge in [0.25, 0.3) is 11.6 Å². The average Bonchev–Trinajstić information content (AvgIpc) is 2.64. The number of benzene rings is 2. The van der Waals surface area contributed by atoms with Crippen molar-refractivity contribution in [1.82, 2.24) is 5.32 Å². The molecule has 0 aliphatic rings. The fourth-order valence-electron chi connectivity index (χ4n) is 2.43. The molecular weight excluding hydrogens is 360 g/mol. The summed E-state index contributed by atoms with van der Waals surface area (Å²) < 4.78 is 10.5. The molecule has 138 valence electrons. The van der Waals surface area contributed by atoms with Crippen molar-refractivity contribution >= 4 is 23.2 Å². The fraction of sp³-hybridized carbons (Fsp3) is 0.278. The fourth-order valence-corrected chi connectivity index (χ4v) is 2.69. The van der Waals surface area contributed by atoms with Gasteiger partial charge in [0.2, 0.25) is 0 Å². The van der Waals surface area contributed by atoms with Crippen LogP contribution in [-0.4, -0.2) is 31.6 Å². The summed E-state index contributed by atoms with van der Waals surface area (Å²) in [6.45, 7) is 0.445. The zero-order chi connectivity index (χ0) is 19.1. The van der Waals surface area contributed by atoms with E-state index in [-0.39, 0.29) is 22.2 Å². The summed E-state index contributed by atoms with van der Waals surface area (Å²) in [6, 6.07) is 9.45. The Kier molecular flexibility index (Phi) is 6.80. The van der Waals surface area contributed by atoms with Crippen LogP contribution in [0, 0.1) is 10.1 Å². The summed E-state index contributed by atoms with van der Waals surface area (Å²) in [6.07, 6.45) is 1.46. The minimum Gasteiger partial charge on any atom is -0.493 e. The second kappa shape index (κ2) is 9.05. The lowest BCUT2D eigenvalue weighted by Gasteiger charge is -2.10. The topological polar surface area (TPSA) is 90.7 Å². The van der Waals surface area contributed by atoms with E-state index in [0.717, 1.165) is 12.0 Å². The number of halogens is 1. The Morgan fingerprint density at radius 3 is 2.50 bits per heavy atom. The lowest BCUT2D eigenvalue weighted by molar-refractivity contribution is -0.384. The van der Waals surface area contributed by atoms with Crippen LogP contribution in [0.15, 0.2) is 36.4 Å². The Morgan fingerprint density at radius 2 is 1.88 bits per heavy atom. The number of nitrogens with one attached hydrogen (secondary N) is 1. The number of amides is 1. The van der Waals surface area contributed by atoms with E-state index in [9.17, 15) is 14.9 Å². The van der Waals surface area contributed by atoms with Crippen molar-refractivity contribution in [2.75, 3.05) is 20.8 Å². The molecule has 0 heterocycles. The molecule has 0 atom stereocenters. The SMILES string of the molecule is COc1ccc(CCCNC(=O)c2ccc([N+](=O)[O-])cc2Cl)cc1OC. The first-order chi connectivity index (χ1) is 12.5. The molecule has 0 aliphatic heterocycles. The molecule has 0 aliphatic carbocycles. The predicted molar refractivity (Wildman–Crippen MR) is 98.3 cm³/mol. The normalized spacial score (nSPS) is 10.3. The smallest absolute Gasteiger partial charge is 0.270 e. The van der Waals surface area contributed by atoms with Gasteiger partial charge >= 0.3 is 0 Å². The summed E-state index contributed by atoms with van der Waals surface area (Å²) in [5.74, 6) is 0.960. The van der Waals surface area contributed by atoms with Gasteiger partial charge in [-0.15, -0.1) is 0 Å². The second-order valence-electron chi connectivity index (χ2n) is 5.47. The largest absolute Gasteiger partial charge is 0.493 e. The monoisotopic (exact) mass is 378 g/mol. The van der Waals surface area contributed by atoms with Gasteiger partial charge in [0.05, 0.1) is 29.7 Å². The number of nitrogens with zero attached hydrogens (tertiary/aromatic N) is 1. The van der Waals surface area contributed by atoms with Gasteiger partial charge in [-0.25, -0.2) is 0 Å². The lowest BCUT2D eigenvalue weighted by Crippen LogP contribution is -2.25. The van der Waals surface area contributed by atoms with E-state index in [1.807, 2.05) is 18.2 Å². The van der Waals surface area contributed by atoms with E-state index in [0.29, 0.717) is 24.5 Å². The molecular formula is C18H19ClN2O5. The third-order valence-electron chi connectivity index (χ3n) is 3.78. The zero-order valence-electron chi connectivity index (χ0n) is 14.5. The number of non-ortho nitro benzene ring substituents is 1. The van der Waals surface area contributed by atoms with E-state index < -0.39 is 4.92 Å². The van der Waals surface area contributed by atoms with Crippen LogP contribution in [0.2, 0.25) is 5.02 Å². The summed E-state index contributed by atoms with van der Waals surface area (Å²) >= 11 is 5.95. The van der Waals surface area contributed by atoms with Crippen molar-refractivity contribution in [1.29, 1.82) is 0 Å². The predicted octanol–water partition coefficient (Wildman–Crippen LogP) is 3.63. The van der Waals surface area contributed by atoms with Gasteiger partial charge in [-0.05, 0) is 36.6 Å². The number of carbonyl (C=O) groups excluding carboxylic acids is 1. The Morgan fingerprint density at radius 1 is 1.15 bits per heavy atom. The van der Waals surface area contributed by atoms with Crippen molar-refractivity contribution in [2.24, 2.45) is 0 Å². The summed E-state index contributed by atoms with van der Waals surface area (Å²) in [7, 11) is 3.16. The summed E-state index contributed by atoms with van der Waals surface area (Å²) in [4.78, 5) is 22.3. The molecule has 0 bridgehead atoms. The van der Waals surface area contributed by atoms with Crippen LogP contribution in [0.25, 0.3) is 0 Å². The number of hydrogen-bond donors (Lipinski definition) is 1. The number of methoxy groups -OCH3 is 2. The molecule has 0 unspecified atom stereocenters. The number of carbonyl (C=O) groups is 1. The molecule has 26 heavy (non-hydrogen) atoms. The Balaban J connectivity index is 1.88. The minimum atomic E-state index is -0.559. The van der Waals surface area contributed by atoms with Crippen molar-refractivity contribution < 1.29 is 19.2 Å². The van der Waals surface area contributed by atoms with Gasteiger partial charge in [0, 0.05) is 18.7 Å². The van der Waals surface area contributed by atoms with Gasteiger partial charge in [-0.2, -0.15) is 0 Å². The first kappa shape index (κ1) is 19.5. The van der Waals surface area contributed by atoms with Gasteiger partial charge in [0.15, 0.2) is 11.5 Å². The third kappa shape index (κ3) is 4.86. The molecule has 8 heteroatoms. The van der Waals surface area contributed by atoms with Crippen LogP contribution in [0.3, 0.4) is 0 Å². The second-order valence-corrected chi connectivity index (χ2v) is 5.88. The number of hydrogen-bond acceptors (Lipinski definition) is 5. The number of rotatable bonds is 8. The van der Waals surface area contributed by atoms with Crippen molar-refractivity contribution in [3.63, 3.8) is 0 Å². The molecule has 1 N–H and O–H groups in total. The van der Waals surface area contributed by atoms with Crippen molar-refractivity contribution in [3.05, 3.63) is 62.7 Å². The van der Waals surface area contributed by atoms with Crippen LogP contribution >= 0.6 is 11.6 Å². The highest BCUT2D eigenvalue weighted by Crippen LogP contribution is 2.28. The van der Waals surface area contributed by atoms with Crippen molar-refractivity contribution in [2.45, 2.75) is 12.8 Å². The van der Waals surface area contributed by atoms with Crippen LogP contribution in [-0.2, 0) is 6.42 Å². The summed E-state index contributed by atoms with van der Waals surface area (Å²) in [5, 5.41) is 13.5. The molecule has 0 radical (unpaired) electrons. The number of nitro groups is 1. The third-order valence-corrected chi connectivity index (χ3v) is 4.10. The lowest BCUT2D eigenvalue weighted by atomic mass is 10.1. The first-order valence-corrected chi connectivity index (χ1v) is 8.27. The molecule has 2 aromatic rings. The van der Waals surface area contributed by atoms with E-state index in [4.69, 9.17) is 21.1 Å². The van der Waals surface area contributed by atoms with Gasteiger partial charge in [0.1, 0.15) is 0 Å². The Bertz CT molecular complexity index is 810. The van der Waals surface area contributed by atoms with Gasteiger partial charge < -0.3 is 14.8 Å². The molecule has 0 saturated heterocycles. The maximum atomic E-state index is 12.1. The number of nitro benzene ring substituents is 1. The molecule has 1 amide bonds. The molecule has 0 fully saturated rings. The average molecular weight is 379 g/mol. The van der Waals surface area contributed by atoms with Crippen molar-refractivity contribution in [3.8, 4) is 11.5 Å². The van der Waals surface area contributed by atoms with Gasteiger partial charge in [-0.1, -0.05) is 17.7 Å². The minimum absolute atomic E-state index is 0.0524. The quantitative estimate of drug-likeness (QED) is 0.430. The van der Waals surface area contributed by atoms with E-state index in [2.05, 4.69) is 5.32 Å². The molecule has 2 aromatic carbocycles. The van der Waals surface area contributed by atoms with Crippen LogP contribution < -0.4 is 14.8 Å². The standard InChI is InChI=1S/C18H19ClN2O5/c1-25-16-8-5-12(10-17(16)26-2)4-3-9-20-18(22)14-7-6-13(21(23)24)11-15(14)19/h5-8,10-11H,3-4,9H2,1-2H3,(H,20,22). The molecule has 0 aromatic heterocycles. The zero-order valence-corrected chi connectivity index (χ0v) is 15.2. The molecule has 7 nitrogen and oxygen atoms in total. The molecule has 0 saturated carbocycles. The number of aryl methyl sites for hydroxylation is 1. The van der Waals surface area contributed by atoms with E-state index in [1.165, 1.54) is 18.2 Å². The Hall–Kier alpha value is -2.80. The summed E-state index contributed by atoms with van der Waals surface area (Å²) in [5.41, 5.74) is 1.12. The van der Waals surface area contributed by atoms with Crippen LogP contribution in [0.4, 0.5) is 5.69 Å². The van der Waals surface area contributed by atoms with E-state index >= 15 is 0 Å². The van der Waals surface area contributed by atoms with Crippen LogP contribution in [0.5, 0.6) is 11.5 Å². The highest BCUT2D eigenvalue weighted by Gasteiger charge is 2.14. The Labute approximate surface area is 156 Å². The highest BCUT2D eigenvalue weighted by atomic mass is 35.5. The molecule has 2 rings (SSSR count). The molecule has 0 spiro atoms. The first-order valence-electron chi connectivity index (χ1n) is 7.89. The number of ether oxygens (including phenoxy) is 2. The van der Waals surface area contributed by atoms with Crippen LogP contribution in [0.1, 0.15) is 22.3 Å².